The number of ether oxygens (including phenoxy) is 23. The molecule has 0 unspecified atom stereocenters. The Morgan fingerprint density at radius 2 is 0.378 bits per heavy atom. The fourth-order valence-electron chi connectivity index (χ4n) is 19.2. The predicted molar refractivity (Wildman–Crippen MR) is 453 cm³/mol. The van der Waals surface area contributed by atoms with Crippen molar-refractivity contribution in [3.05, 3.63) is 0 Å². The third-order valence-corrected chi connectivity index (χ3v) is 27.1. The van der Waals surface area contributed by atoms with E-state index in [0.29, 0.717) is 0 Å². The third-order valence-electron chi connectivity index (χ3n) is 27.1. The SMILES string of the molecule is CC(=O)N[C@@H]1[C@@H](O)[C@H](O[C@@H]2O[C@H](CO[C@H]3O[C@H](CO[C@@H]4O[C@H](CO)[C@@H](O[C@@H]5O[C@H](CO)[C@@H](O)[C@H](O)[C@H]5O)[C@H](O)[C@H]4NC(C)=O)[C@@H](O)[C@H](O)[C@@H]3O[C@@H]3O[C@H](CO)[C@@H](O[C@@H]4O[C@H](CO)[C@H](O)[C@H](O)[C@H]4O)[C@H](O)[C@H]3NC(C)=O)[C@@H](O)[C@H](O[C@H]3O[C@H](CO)[C@@H](O[C@@H]4O[C@H](CO)[C@@H](O[C@@H]5O[C@H](CO)[C@H](O)[C@H](O)[C@H]5O)[C@H](O)[C@H]4NC(C)=O)[C@H](O)[C@@H]3O[C@@H]3O[C@H](CO)[C@@H](O[C@@H]4O[C@H](CO)[C@H](O)[C@H](O)[C@H]4O)[C@H](O)[C@H]3NC(C)=O)[C@@H]2O)[C@@H](CO)O[C@H]1O. The summed E-state index contributed by atoms with van der Waals surface area (Å²) in [6.07, 6.45) is -121. The van der Waals surface area contributed by atoms with Crippen molar-refractivity contribution in [1.82, 2.24) is 26.6 Å². The molecular formula is C82H137N5O61. The van der Waals surface area contributed by atoms with Crippen molar-refractivity contribution >= 4 is 29.5 Å². The monoisotopic (exact) mass is 2170 g/mol. The molecule has 0 saturated carbocycles. The first-order chi connectivity index (χ1) is 70.1. The van der Waals surface area contributed by atoms with Gasteiger partial charge < -0.3 is 304 Å². The molecule has 0 aromatic carbocycles. The molecule has 66 nitrogen and oxygen atoms in total. The van der Waals surface area contributed by atoms with Crippen LogP contribution in [-0.2, 0) is 133 Å². The lowest BCUT2D eigenvalue weighted by Gasteiger charge is -2.52. The summed E-state index contributed by atoms with van der Waals surface area (Å²) >= 11 is 0. The molecule has 12 saturated heterocycles. The smallest absolute Gasteiger partial charge is 0.217 e. The molecule has 12 aliphatic heterocycles. The number of hydrogen-bond donors (Lipinski definition) is 38. The summed E-state index contributed by atoms with van der Waals surface area (Å²) in [5.74, 6) is -5.06. The van der Waals surface area contributed by atoms with E-state index in [0.717, 1.165) is 34.6 Å². The fraction of sp³-hybridized carbons (Fsp3) is 0.939. The molecule has 0 radical (unpaired) electrons. The van der Waals surface area contributed by atoms with Gasteiger partial charge in [0.1, 0.15) is 293 Å². The number of hydrogen-bond acceptors (Lipinski definition) is 61. The summed E-state index contributed by atoms with van der Waals surface area (Å²) in [5, 5.41) is 384. The van der Waals surface area contributed by atoms with Gasteiger partial charge in [-0.05, 0) is 0 Å². The van der Waals surface area contributed by atoms with E-state index in [-0.39, 0.29) is 0 Å². The molecule has 0 spiro atoms. The van der Waals surface area contributed by atoms with E-state index in [1.807, 2.05) is 0 Å². The van der Waals surface area contributed by atoms with Gasteiger partial charge in [0, 0.05) is 34.6 Å². The van der Waals surface area contributed by atoms with Crippen LogP contribution in [0.1, 0.15) is 34.6 Å². The lowest BCUT2D eigenvalue weighted by atomic mass is 9.93. The van der Waals surface area contributed by atoms with Crippen molar-refractivity contribution < 1.29 is 301 Å². The van der Waals surface area contributed by atoms with Crippen LogP contribution in [0.15, 0.2) is 0 Å². The Bertz CT molecular complexity index is 4130. The maximum Gasteiger partial charge on any atom is 0.217 e. The van der Waals surface area contributed by atoms with Crippen LogP contribution in [0.3, 0.4) is 0 Å². The number of nitrogens with one attached hydrogen (secondary N) is 5. The van der Waals surface area contributed by atoms with Gasteiger partial charge in [-0.15, -0.1) is 0 Å². The number of rotatable bonds is 39. The molecule has 66 heteroatoms. The third kappa shape index (κ3) is 26.9. The van der Waals surface area contributed by atoms with E-state index in [4.69, 9.17) is 109 Å². The summed E-state index contributed by atoms with van der Waals surface area (Å²) in [4.78, 5) is 65.7. The molecule has 148 heavy (non-hydrogen) atoms. The molecule has 0 bridgehead atoms. The van der Waals surface area contributed by atoms with Gasteiger partial charge >= 0.3 is 0 Å². The highest BCUT2D eigenvalue weighted by molar-refractivity contribution is 5.75. The highest BCUT2D eigenvalue weighted by Gasteiger charge is 2.64. The Balaban J connectivity index is 0.931. The van der Waals surface area contributed by atoms with Crippen molar-refractivity contribution in [3.8, 4) is 0 Å². The van der Waals surface area contributed by atoms with Gasteiger partial charge in [0.05, 0.1) is 79.3 Å². The van der Waals surface area contributed by atoms with Gasteiger partial charge in [-0.3, -0.25) is 24.0 Å². The lowest BCUT2D eigenvalue weighted by molar-refractivity contribution is -0.406. The largest absolute Gasteiger partial charge is 0.394 e. The minimum atomic E-state index is -2.76. The number of carbonyl (C=O) groups excluding carboxylic acids is 5. The van der Waals surface area contributed by atoms with Crippen molar-refractivity contribution in [2.75, 3.05) is 79.3 Å². The van der Waals surface area contributed by atoms with Crippen molar-refractivity contribution in [3.63, 3.8) is 0 Å². The van der Waals surface area contributed by atoms with Crippen LogP contribution >= 0.6 is 0 Å². The van der Waals surface area contributed by atoms with Gasteiger partial charge in [-0.2, -0.15) is 0 Å². The van der Waals surface area contributed by atoms with E-state index < -0.39 is 477 Å². The van der Waals surface area contributed by atoms with Crippen molar-refractivity contribution in [2.45, 2.75) is 403 Å². The van der Waals surface area contributed by atoms with Crippen LogP contribution in [0.25, 0.3) is 0 Å². The second-order valence-corrected chi connectivity index (χ2v) is 37.4. The average molecular weight is 2170 g/mol. The normalized spacial score (nSPS) is 49.3. The Labute approximate surface area is 837 Å². The Kier molecular flexibility index (Phi) is 43.9. The van der Waals surface area contributed by atoms with Crippen molar-refractivity contribution in [1.29, 1.82) is 0 Å². The molecule has 38 N–H and O–H groups in total. The van der Waals surface area contributed by atoms with E-state index >= 15 is 0 Å². The molecule has 12 rings (SSSR count). The molecule has 12 heterocycles. The zero-order valence-corrected chi connectivity index (χ0v) is 79.3. The molecule has 0 aliphatic carbocycles. The summed E-state index contributed by atoms with van der Waals surface area (Å²) < 4.78 is 138. The predicted octanol–water partition coefficient (Wildman–Crippen LogP) is -26.4. The number of aliphatic hydroxyl groups is 33. The minimum Gasteiger partial charge on any atom is -0.394 e. The Hall–Kier alpha value is -4.89. The van der Waals surface area contributed by atoms with E-state index in [9.17, 15) is 192 Å². The minimum absolute atomic E-state index is 0.855. The standard InChI is InChI=1S/C82H137N5O61/c1-18(98)83-35-46(109)62(27(10-92)128-71(35)125)145-80-61(124)68(146-82-70(148-75-39(87-22(5)102)50(113)66(31(14-96)136-75)144-79-59(122)54(117)43(106)26(9-91)132-79)60(123)67(32(15-97)137-82)140-73-37(85-20(3)100)48(111)64(29(12-94)134-73)142-77-57(120)52(115)41(104)24(7-89)130-77)45(108)34(138-80)17-127-81-69(147-74-38(86-21(4)101)49(112)65(30(13-95)135-74)143-78-58(121)53(116)42(105)25(8-90)131-78)55(118)44(107)33(139-81)16-126-72-36(84-19(2)99)47(110)63(28(11-93)133-72)141-76-56(119)51(114)40(103)23(6-88)129-76/h23-82,88-97,103-125H,6-17H2,1-5H3,(H,83,98)(H,84,99)(H,85,100)(H,86,101)(H,87,102)/t23-,24-,25-,26-,27-,28-,29-,30-,31-,32-,33-,34-,35-,36-,37-,38-,39-,40-,41+,42+,43+,44-,45-,46-,47-,48-,49-,50-,51+,52+,53+,54+,55+,56-,57-,58-,59-,60+,61+,62-,63-,64-,65-,66-,67-,68+,69+,70+,71-,72-,73+,74+,75+,76+,77+,78+,79+,80+,81+,82-/m1/s1. The van der Waals surface area contributed by atoms with E-state index in [1.54, 1.807) is 0 Å². The van der Waals surface area contributed by atoms with E-state index in [2.05, 4.69) is 26.6 Å². The Morgan fingerprint density at radius 3 is 0.689 bits per heavy atom. The highest BCUT2D eigenvalue weighted by Crippen LogP contribution is 2.43. The summed E-state index contributed by atoms with van der Waals surface area (Å²) in [5.41, 5.74) is 0. The highest BCUT2D eigenvalue weighted by atomic mass is 16.8. The molecule has 0 aromatic rings. The van der Waals surface area contributed by atoms with Crippen LogP contribution in [-0.4, -0.2) is 645 Å². The quantitative estimate of drug-likeness (QED) is 0.0272. The van der Waals surface area contributed by atoms with Crippen LogP contribution in [0.5, 0.6) is 0 Å². The maximum absolute atomic E-state index is 13.5. The van der Waals surface area contributed by atoms with E-state index in [1.165, 1.54) is 0 Å². The molecular weight excluding hydrogens is 2030 g/mol. The van der Waals surface area contributed by atoms with Gasteiger partial charge in [-0.1, -0.05) is 0 Å². The number of carbonyl (C=O) groups is 5. The lowest BCUT2D eigenvalue weighted by Crippen LogP contribution is -2.71. The Morgan fingerprint density at radius 1 is 0.176 bits per heavy atom. The van der Waals surface area contributed by atoms with Crippen molar-refractivity contribution in [2.24, 2.45) is 0 Å². The second kappa shape index (κ2) is 53.4. The van der Waals surface area contributed by atoms with Gasteiger partial charge in [0.25, 0.3) is 0 Å². The van der Waals surface area contributed by atoms with Gasteiger partial charge in [-0.25, -0.2) is 0 Å². The fourth-order valence-corrected chi connectivity index (χ4v) is 19.2. The summed E-state index contributed by atoms with van der Waals surface area (Å²) in [7, 11) is 0. The topological polar surface area (TPSA) is 1030 Å². The molecule has 60 atom stereocenters. The number of amides is 5. The first-order valence-corrected chi connectivity index (χ1v) is 47.2. The first-order valence-electron chi connectivity index (χ1n) is 47.2. The van der Waals surface area contributed by atoms with Gasteiger partial charge in [0.15, 0.2) is 75.5 Å². The molecule has 5 amide bonds. The molecule has 0 aromatic heterocycles. The van der Waals surface area contributed by atoms with Gasteiger partial charge in [0.2, 0.25) is 29.5 Å². The number of aliphatic hydroxyl groups excluding tert-OH is 33. The van der Waals surface area contributed by atoms with Crippen LogP contribution < -0.4 is 26.6 Å². The average Bonchev–Trinajstić information content (AvgIpc) is 0.763. The first kappa shape index (κ1) is 122. The van der Waals surface area contributed by atoms with Crippen LogP contribution in [0, 0.1) is 0 Å². The molecule has 12 fully saturated rings. The molecule has 856 valence electrons. The summed E-state index contributed by atoms with van der Waals surface area (Å²) in [6, 6.07) is -10.1. The van der Waals surface area contributed by atoms with Crippen LogP contribution in [0.2, 0.25) is 0 Å². The zero-order valence-electron chi connectivity index (χ0n) is 79.3. The van der Waals surface area contributed by atoms with Crippen LogP contribution in [0.4, 0.5) is 0 Å². The summed E-state index contributed by atoms with van der Waals surface area (Å²) in [6.45, 7) is -9.77. The molecule has 12 aliphatic rings. The maximum atomic E-state index is 13.5. The second-order valence-electron chi connectivity index (χ2n) is 37.4. The zero-order chi connectivity index (χ0) is 109.